The first-order chi connectivity index (χ1) is 7.15. The molecule has 2 rings (SSSR count). The molecule has 3 nitrogen and oxygen atoms in total. The third kappa shape index (κ3) is 2.17. The molecule has 86 valence electrons. The van der Waals surface area contributed by atoms with Crippen molar-refractivity contribution in [3.05, 3.63) is 0 Å². The van der Waals surface area contributed by atoms with E-state index in [1.54, 1.807) is 6.92 Å². The highest BCUT2D eigenvalue weighted by atomic mass is 16.5. The highest BCUT2D eigenvalue weighted by Crippen LogP contribution is 2.50. The summed E-state index contributed by atoms with van der Waals surface area (Å²) < 4.78 is 5.60. The number of amides is 1. The summed E-state index contributed by atoms with van der Waals surface area (Å²) in [5.74, 6) is 0.227. The number of likely N-dealkylation sites (tertiary alicyclic amines) is 1. The second-order valence-corrected chi connectivity index (χ2v) is 4.99. The van der Waals surface area contributed by atoms with Gasteiger partial charge in [0.15, 0.2) is 0 Å². The number of piperidine rings is 1. The average Bonchev–Trinajstić information content (AvgIpc) is 2.16. The van der Waals surface area contributed by atoms with Gasteiger partial charge in [-0.05, 0) is 38.0 Å². The molecule has 1 heterocycles. The molecule has 1 spiro atoms. The van der Waals surface area contributed by atoms with Crippen LogP contribution in [0.15, 0.2) is 0 Å². The minimum atomic E-state index is 0.227. The number of carbonyl (C=O) groups is 1. The molecule has 0 N–H and O–H groups in total. The van der Waals surface area contributed by atoms with Crippen LogP contribution in [0.4, 0.5) is 0 Å². The second kappa shape index (κ2) is 4.12. The van der Waals surface area contributed by atoms with Gasteiger partial charge in [-0.25, -0.2) is 0 Å². The molecule has 0 atom stereocenters. The number of hydrogen-bond donors (Lipinski definition) is 0. The van der Waals surface area contributed by atoms with E-state index < -0.39 is 0 Å². The van der Waals surface area contributed by atoms with Crippen molar-refractivity contribution >= 4 is 5.91 Å². The maximum absolute atomic E-state index is 11.2. The van der Waals surface area contributed by atoms with Gasteiger partial charge in [0.25, 0.3) is 0 Å². The van der Waals surface area contributed by atoms with Crippen LogP contribution in [-0.4, -0.2) is 36.6 Å². The summed E-state index contributed by atoms with van der Waals surface area (Å²) in [5.41, 5.74) is 0.520. The molecule has 3 heteroatoms. The molecule has 1 aliphatic carbocycles. The molecule has 2 aliphatic rings. The Balaban J connectivity index is 1.77. The van der Waals surface area contributed by atoms with E-state index >= 15 is 0 Å². The summed E-state index contributed by atoms with van der Waals surface area (Å²) in [4.78, 5) is 13.2. The maximum atomic E-state index is 11.2. The van der Waals surface area contributed by atoms with Gasteiger partial charge in [0.1, 0.15) is 0 Å². The van der Waals surface area contributed by atoms with Crippen LogP contribution >= 0.6 is 0 Å². The molecule has 2 fully saturated rings. The van der Waals surface area contributed by atoms with E-state index in [2.05, 4.69) is 6.92 Å². The highest BCUT2D eigenvalue weighted by molar-refractivity contribution is 5.73. The van der Waals surface area contributed by atoms with Gasteiger partial charge in [-0.3, -0.25) is 4.79 Å². The number of rotatable bonds is 2. The van der Waals surface area contributed by atoms with Gasteiger partial charge in [0.05, 0.1) is 6.10 Å². The summed E-state index contributed by atoms with van der Waals surface area (Å²) in [6, 6.07) is 0. The molecule has 0 bridgehead atoms. The smallest absolute Gasteiger partial charge is 0.219 e. The van der Waals surface area contributed by atoms with Crippen LogP contribution in [0.2, 0.25) is 0 Å². The van der Waals surface area contributed by atoms with Crippen LogP contribution in [-0.2, 0) is 9.53 Å². The molecule has 1 saturated carbocycles. The first-order valence-electron chi connectivity index (χ1n) is 6.02. The lowest BCUT2D eigenvalue weighted by atomic mass is 9.61. The predicted octanol–water partition coefficient (Wildman–Crippen LogP) is 1.81. The predicted molar refractivity (Wildman–Crippen MR) is 58.6 cm³/mol. The number of nitrogens with zero attached hydrogens (tertiary/aromatic N) is 1. The first kappa shape index (κ1) is 10.9. The largest absolute Gasteiger partial charge is 0.378 e. The van der Waals surface area contributed by atoms with E-state index in [9.17, 15) is 4.79 Å². The fourth-order valence-electron chi connectivity index (χ4n) is 2.96. The van der Waals surface area contributed by atoms with Gasteiger partial charge in [-0.2, -0.15) is 0 Å². The van der Waals surface area contributed by atoms with E-state index in [0.29, 0.717) is 11.5 Å². The third-order valence-corrected chi connectivity index (χ3v) is 3.99. The lowest BCUT2D eigenvalue weighted by Crippen LogP contribution is -2.50. The van der Waals surface area contributed by atoms with Crippen molar-refractivity contribution in [1.29, 1.82) is 0 Å². The lowest BCUT2D eigenvalue weighted by Gasteiger charge is -2.51. The maximum Gasteiger partial charge on any atom is 0.219 e. The molecule has 1 saturated heterocycles. The molecule has 0 unspecified atom stereocenters. The lowest BCUT2D eigenvalue weighted by molar-refractivity contribution is -0.137. The van der Waals surface area contributed by atoms with Crippen molar-refractivity contribution in [3.63, 3.8) is 0 Å². The monoisotopic (exact) mass is 211 g/mol. The molecular weight excluding hydrogens is 190 g/mol. The zero-order valence-corrected chi connectivity index (χ0v) is 9.79. The molecule has 0 aromatic heterocycles. The molecule has 0 radical (unpaired) electrons. The first-order valence-corrected chi connectivity index (χ1v) is 6.02. The Morgan fingerprint density at radius 2 is 2.00 bits per heavy atom. The topological polar surface area (TPSA) is 29.5 Å². The Kier molecular flexibility index (Phi) is 3.01. The minimum absolute atomic E-state index is 0.227. The summed E-state index contributed by atoms with van der Waals surface area (Å²) in [6.45, 7) is 6.47. The van der Waals surface area contributed by atoms with Gasteiger partial charge in [0.2, 0.25) is 5.91 Å². The number of hydrogen-bond acceptors (Lipinski definition) is 2. The summed E-state index contributed by atoms with van der Waals surface area (Å²) >= 11 is 0. The summed E-state index contributed by atoms with van der Waals surface area (Å²) in [7, 11) is 0. The van der Waals surface area contributed by atoms with Gasteiger partial charge >= 0.3 is 0 Å². The van der Waals surface area contributed by atoms with Crippen LogP contribution in [0.1, 0.15) is 39.5 Å². The Morgan fingerprint density at radius 3 is 2.47 bits per heavy atom. The molecule has 1 amide bonds. The minimum Gasteiger partial charge on any atom is -0.378 e. The Morgan fingerprint density at radius 1 is 1.40 bits per heavy atom. The van der Waals surface area contributed by atoms with Crippen molar-refractivity contribution in [2.45, 2.75) is 45.6 Å². The second-order valence-electron chi connectivity index (χ2n) is 4.99. The zero-order chi connectivity index (χ0) is 10.9. The van der Waals surface area contributed by atoms with Crippen LogP contribution in [0, 0.1) is 5.41 Å². The molecule has 0 aromatic carbocycles. The van der Waals surface area contributed by atoms with Crippen LogP contribution in [0.3, 0.4) is 0 Å². The quantitative estimate of drug-likeness (QED) is 0.697. The Hall–Kier alpha value is -0.570. The zero-order valence-electron chi connectivity index (χ0n) is 9.79. The van der Waals surface area contributed by atoms with Crippen molar-refractivity contribution in [3.8, 4) is 0 Å². The third-order valence-electron chi connectivity index (χ3n) is 3.99. The van der Waals surface area contributed by atoms with Crippen LogP contribution in [0.5, 0.6) is 0 Å². The van der Waals surface area contributed by atoms with E-state index in [1.807, 2.05) is 4.90 Å². The number of carbonyl (C=O) groups excluding carboxylic acids is 1. The highest BCUT2D eigenvalue weighted by Gasteiger charge is 2.46. The van der Waals surface area contributed by atoms with Crippen molar-refractivity contribution < 1.29 is 9.53 Å². The van der Waals surface area contributed by atoms with Gasteiger partial charge in [-0.1, -0.05) is 0 Å². The average molecular weight is 211 g/mol. The molecule has 15 heavy (non-hydrogen) atoms. The van der Waals surface area contributed by atoms with Gasteiger partial charge < -0.3 is 9.64 Å². The summed E-state index contributed by atoms with van der Waals surface area (Å²) in [5, 5.41) is 0. The Labute approximate surface area is 91.8 Å². The summed E-state index contributed by atoms with van der Waals surface area (Å²) in [6.07, 6.45) is 5.28. The van der Waals surface area contributed by atoms with Crippen molar-refractivity contribution in [2.24, 2.45) is 5.41 Å². The molecule has 1 aliphatic heterocycles. The fourth-order valence-corrected chi connectivity index (χ4v) is 2.96. The van der Waals surface area contributed by atoms with Crippen molar-refractivity contribution in [1.82, 2.24) is 4.90 Å². The van der Waals surface area contributed by atoms with Crippen molar-refractivity contribution in [2.75, 3.05) is 19.7 Å². The molecule has 0 aromatic rings. The molecular formula is C12H21NO2. The van der Waals surface area contributed by atoms with E-state index in [1.165, 1.54) is 25.7 Å². The van der Waals surface area contributed by atoms with Gasteiger partial charge in [-0.15, -0.1) is 0 Å². The van der Waals surface area contributed by atoms with Crippen LogP contribution in [0.25, 0.3) is 0 Å². The van der Waals surface area contributed by atoms with Crippen LogP contribution < -0.4 is 0 Å². The van der Waals surface area contributed by atoms with E-state index in [0.717, 1.165) is 19.7 Å². The Bertz CT molecular complexity index is 236. The van der Waals surface area contributed by atoms with E-state index in [-0.39, 0.29) is 5.91 Å². The SMILES string of the molecule is CCOC1CC2(CCN(C(C)=O)CC2)C1. The van der Waals surface area contributed by atoms with Gasteiger partial charge in [0, 0.05) is 26.6 Å². The number of ether oxygens (including phenoxy) is 1. The normalized spacial score (nSPS) is 25.3. The standard InChI is InChI=1S/C12H21NO2/c1-3-15-11-8-12(9-11)4-6-13(7-5-12)10(2)14/h11H,3-9H2,1-2H3. The fraction of sp³-hybridized carbons (Fsp3) is 0.917. The van der Waals surface area contributed by atoms with E-state index in [4.69, 9.17) is 4.74 Å².